The third-order valence-electron chi connectivity index (χ3n) is 4.67. The van der Waals surface area contributed by atoms with Crippen molar-refractivity contribution >= 4 is 17.4 Å². The Morgan fingerprint density at radius 1 is 1.21 bits per heavy atom. The van der Waals surface area contributed by atoms with Crippen molar-refractivity contribution in [1.82, 2.24) is 25.5 Å². The van der Waals surface area contributed by atoms with Gasteiger partial charge in [0.25, 0.3) is 5.89 Å². The minimum atomic E-state index is -4.46. The molecule has 0 spiro atoms. The summed E-state index contributed by atoms with van der Waals surface area (Å²) in [5.74, 6) is 0.248. The molecule has 1 saturated heterocycles. The molecular formula is C18H15F3N6O2. The van der Waals surface area contributed by atoms with Gasteiger partial charge in [-0.25, -0.2) is 9.97 Å². The Bertz CT molecular complexity index is 1050. The number of nitrogens with zero attached hydrogens (tertiary/aromatic N) is 4. The maximum absolute atomic E-state index is 12.7. The Balaban J connectivity index is 1.62. The molecule has 150 valence electrons. The van der Waals surface area contributed by atoms with Crippen LogP contribution < -0.4 is 10.6 Å². The number of alkyl halides is 3. The molecule has 1 aliphatic rings. The number of nitrogens with one attached hydrogen (secondary N) is 2. The molecule has 1 amide bonds. The van der Waals surface area contributed by atoms with E-state index in [1.54, 1.807) is 19.1 Å². The number of rotatable bonds is 4. The minimum Gasteiger partial charge on any atom is -0.418 e. The van der Waals surface area contributed by atoms with Crippen molar-refractivity contribution in [1.29, 1.82) is 0 Å². The first-order chi connectivity index (χ1) is 13.8. The number of hydrogen-bond acceptors (Lipinski definition) is 7. The van der Waals surface area contributed by atoms with Gasteiger partial charge in [-0.05, 0) is 37.6 Å². The van der Waals surface area contributed by atoms with Crippen LogP contribution in [0.2, 0.25) is 0 Å². The molecule has 3 aromatic heterocycles. The van der Waals surface area contributed by atoms with Crippen LogP contribution in [0.25, 0.3) is 11.6 Å². The van der Waals surface area contributed by atoms with E-state index in [1.165, 1.54) is 12.3 Å². The van der Waals surface area contributed by atoms with Gasteiger partial charge in [0.15, 0.2) is 5.69 Å². The highest BCUT2D eigenvalue weighted by atomic mass is 19.4. The first kappa shape index (κ1) is 18.8. The first-order valence-corrected chi connectivity index (χ1v) is 8.65. The first-order valence-electron chi connectivity index (χ1n) is 8.65. The minimum absolute atomic E-state index is 0.0796. The summed E-state index contributed by atoms with van der Waals surface area (Å²) in [7, 11) is 0. The molecule has 11 heteroatoms. The number of carbonyl (C=O) groups is 1. The van der Waals surface area contributed by atoms with Crippen molar-refractivity contribution in [3.05, 3.63) is 48.1 Å². The van der Waals surface area contributed by atoms with Crippen LogP contribution >= 0.6 is 0 Å². The summed E-state index contributed by atoms with van der Waals surface area (Å²) in [4.78, 5) is 20.1. The van der Waals surface area contributed by atoms with Crippen LogP contribution in [0.5, 0.6) is 0 Å². The maximum atomic E-state index is 12.7. The lowest BCUT2D eigenvalue weighted by molar-refractivity contribution is -0.137. The van der Waals surface area contributed by atoms with E-state index >= 15 is 0 Å². The average Bonchev–Trinajstić information content (AvgIpc) is 3.30. The fourth-order valence-corrected chi connectivity index (χ4v) is 2.93. The van der Waals surface area contributed by atoms with Gasteiger partial charge in [0, 0.05) is 18.9 Å². The van der Waals surface area contributed by atoms with Gasteiger partial charge in [0.05, 0.1) is 11.3 Å². The normalized spacial score (nSPS) is 19.2. The predicted molar refractivity (Wildman–Crippen MR) is 95.0 cm³/mol. The summed E-state index contributed by atoms with van der Waals surface area (Å²) < 4.78 is 43.8. The number of pyridine rings is 2. The van der Waals surface area contributed by atoms with E-state index < -0.39 is 17.2 Å². The topological polar surface area (TPSA) is 106 Å². The highest BCUT2D eigenvalue weighted by molar-refractivity contribution is 5.88. The number of carbonyl (C=O) groups excluding carboxylic acids is 1. The molecule has 1 aliphatic heterocycles. The molecule has 29 heavy (non-hydrogen) atoms. The molecule has 4 rings (SSSR count). The van der Waals surface area contributed by atoms with Crippen LogP contribution in [-0.4, -0.2) is 32.6 Å². The third kappa shape index (κ3) is 3.50. The highest BCUT2D eigenvalue weighted by Gasteiger charge is 2.44. The second kappa shape index (κ2) is 6.83. The van der Waals surface area contributed by atoms with Gasteiger partial charge in [0.1, 0.15) is 11.2 Å². The standard InChI is InChI=1S/C18H15F3N6O2/c1-17(6-8-23-15(17)28)16-27-26-14(29-16)13-11(3-2-7-22-13)25-12-5-4-10(9-24-12)18(19,20)21/h2-5,7,9H,6,8H2,1H3,(H,23,28)(H,24,25)/t17-/m0/s1. The quantitative estimate of drug-likeness (QED) is 0.688. The van der Waals surface area contributed by atoms with E-state index in [9.17, 15) is 18.0 Å². The lowest BCUT2D eigenvalue weighted by Gasteiger charge is -2.14. The van der Waals surface area contributed by atoms with E-state index in [0.29, 0.717) is 18.7 Å². The Kier molecular flexibility index (Phi) is 4.44. The molecule has 8 nitrogen and oxygen atoms in total. The molecule has 1 fully saturated rings. The van der Waals surface area contributed by atoms with Gasteiger partial charge in [-0.2, -0.15) is 13.2 Å². The SMILES string of the molecule is C[C@]1(c2nnc(-c3ncccc3Nc3ccc(C(F)(F)F)cn3)o2)CCNC1=O. The van der Waals surface area contributed by atoms with Crippen LogP contribution in [-0.2, 0) is 16.4 Å². The summed E-state index contributed by atoms with van der Waals surface area (Å²) in [6.07, 6.45) is -1.69. The van der Waals surface area contributed by atoms with Crippen molar-refractivity contribution in [3.8, 4) is 11.6 Å². The number of aromatic nitrogens is 4. The zero-order chi connectivity index (χ0) is 20.6. The Morgan fingerprint density at radius 2 is 2.03 bits per heavy atom. The van der Waals surface area contributed by atoms with Crippen molar-refractivity contribution in [2.75, 3.05) is 11.9 Å². The number of amides is 1. The number of anilines is 2. The molecule has 0 bridgehead atoms. The fraction of sp³-hybridized carbons (Fsp3) is 0.278. The van der Waals surface area contributed by atoms with Gasteiger partial charge >= 0.3 is 6.18 Å². The number of hydrogen-bond donors (Lipinski definition) is 2. The molecule has 0 saturated carbocycles. The Hall–Kier alpha value is -3.50. The van der Waals surface area contributed by atoms with Crippen molar-refractivity contribution in [2.24, 2.45) is 0 Å². The largest absolute Gasteiger partial charge is 0.418 e. The fourth-order valence-electron chi connectivity index (χ4n) is 2.93. The highest BCUT2D eigenvalue weighted by Crippen LogP contribution is 2.34. The lowest BCUT2D eigenvalue weighted by Crippen LogP contribution is -2.32. The molecule has 2 N–H and O–H groups in total. The van der Waals surface area contributed by atoms with Gasteiger partial charge in [-0.3, -0.25) is 4.79 Å². The molecule has 1 atom stereocenters. The molecule has 0 radical (unpaired) electrons. The molecule has 4 heterocycles. The van der Waals surface area contributed by atoms with Crippen LogP contribution in [0.15, 0.2) is 41.1 Å². The monoisotopic (exact) mass is 404 g/mol. The molecular weight excluding hydrogens is 389 g/mol. The van der Waals surface area contributed by atoms with Crippen molar-refractivity contribution < 1.29 is 22.4 Å². The second-order valence-corrected chi connectivity index (χ2v) is 6.70. The summed E-state index contributed by atoms with van der Waals surface area (Å²) in [6.45, 7) is 2.24. The molecule has 0 aromatic carbocycles. The van der Waals surface area contributed by atoms with Gasteiger partial charge < -0.3 is 15.1 Å². The van der Waals surface area contributed by atoms with Gasteiger partial charge in [-0.1, -0.05) is 0 Å². The number of halogens is 3. The molecule has 3 aromatic rings. The van der Waals surface area contributed by atoms with Gasteiger partial charge in [-0.15, -0.1) is 10.2 Å². The smallest absolute Gasteiger partial charge is 0.417 e. The predicted octanol–water partition coefficient (Wildman–Crippen LogP) is 3.07. The average molecular weight is 404 g/mol. The van der Waals surface area contributed by atoms with Crippen molar-refractivity contribution in [2.45, 2.75) is 24.9 Å². The second-order valence-electron chi connectivity index (χ2n) is 6.70. The zero-order valence-electron chi connectivity index (χ0n) is 15.1. The summed E-state index contributed by atoms with van der Waals surface area (Å²) in [5, 5.41) is 13.6. The Morgan fingerprint density at radius 3 is 2.69 bits per heavy atom. The van der Waals surface area contributed by atoms with Crippen LogP contribution in [0.1, 0.15) is 24.8 Å². The van der Waals surface area contributed by atoms with Crippen LogP contribution in [0.3, 0.4) is 0 Å². The molecule has 0 aliphatic carbocycles. The lowest BCUT2D eigenvalue weighted by atomic mass is 9.89. The van der Waals surface area contributed by atoms with Gasteiger partial charge in [0.2, 0.25) is 11.8 Å². The van der Waals surface area contributed by atoms with Crippen molar-refractivity contribution in [3.63, 3.8) is 0 Å². The van der Waals surface area contributed by atoms with Crippen LogP contribution in [0.4, 0.5) is 24.7 Å². The van der Waals surface area contributed by atoms with E-state index in [1.807, 2.05) is 0 Å². The summed E-state index contributed by atoms with van der Waals surface area (Å²) in [6, 6.07) is 5.42. The zero-order valence-corrected chi connectivity index (χ0v) is 15.1. The van der Waals surface area contributed by atoms with E-state index in [-0.39, 0.29) is 29.2 Å². The van der Waals surface area contributed by atoms with E-state index in [4.69, 9.17) is 4.42 Å². The van der Waals surface area contributed by atoms with E-state index in [0.717, 1.165) is 12.3 Å². The summed E-state index contributed by atoms with van der Waals surface area (Å²) in [5.41, 5.74) is -1.06. The Labute approximate surface area is 162 Å². The maximum Gasteiger partial charge on any atom is 0.417 e. The van der Waals surface area contributed by atoms with Crippen LogP contribution in [0, 0.1) is 0 Å². The third-order valence-corrected chi connectivity index (χ3v) is 4.67. The van der Waals surface area contributed by atoms with E-state index in [2.05, 4.69) is 30.8 Å². The molecule has 0 unspecified atom stereocenters. The summed E-state index contributed by atoms with van der Waals surface area (Å²) >= 11 is 0.